The second kappa shape index (κ2) is 7.26. The number of aromatic nitrogens is 3. The van der Waals surface area contributed by atoms with Gasteiger partial charge in [-0.1, -0.05) is 19.0 Å². The molecule has 2 heterocycles. The Hall–Kier alpha value is -1.82. The minimum absolute atomic E-state index is 0.711. The summed E-state index contributed by atoms with van der Waals surface area (Å²) in [6.07, 6.45) is 3.90. The Morgan fingerprint density at radius 3 is 2.67 bits per heavy atom. The molecule has 0 aliphatic heterocycles. The highest BCUT2D eigenvalue weighted by atomic mass is 16.5. The van der Waals surface area contributed by atoms with E-state index in [1.54, 1.807) is 0 Å². The average molecular weight is 291 g/mol. The van der Waals surface area contributed by atoms with E-state index in [0.717, 1.165) is 48.9 Å². The number of likely N-dealkylation sites (N-methyl/N-ethyl adjacent to an activating group) is 1. The minimum Gasteiger partial charge on any atom is -0.378 e. The molecular weight excluding hydrogens is 266 g/mol. The maximum absolute atomic E-state index is 5.16. The molecule has 0 aromatic carbocycles. The highest BCUT2D eigenvalue weighted by Gasteiger charge is 2.09. The summed E-state index contributed by atoms with van der Waals surface area (Å²) < 4.78 is 7.14. The van der Waals surface area contributed by atoms with E-state index in [9.17, 15) is 0 Å². The summed E-state index contributed by atoms with van der Waals surface area (Å²) in [5, 5.41) is 11.7. The molecule has 2 aromatic heterocycles. The number of aryl methyl sites for hydroxylation is 2. The van der Waals surface area contributed by atoms with Crippen LogP contribution in [0.4, 0.5) is 5.69 Å². The molecule has 6 heteroatoms. The fourth-order valence-corrected chi connectivity index (χ4v) is 2.31. The lowest BCUT2D eigenvalue weighted by Gasteiger charge is -2.17. The van der Waals surface area contributed by atoms with Crippen LogP contribution in [-0.4, -0.2) is 39.5 Å². The van der Waals surface area contributed by atoms with Gasteiger partial charge in [-0.15, -0.1) is 0 Å². The van der Waals surface area contributed by atoms with Crippen molar-refractivity contribution >= 4 is 5.69 Å². The zero-order valence-electron chi connectivity index (χ0n) is 13.4. The molecule has 0 radical (unpaired) electrons. The normalized spacial score (nSPS) is 11.3. The number of rotatable bonds is 8. The Morgan fingerprint density at radius 2 is 2.05 bits per heavy atom. The van der Waals surface area contributed by atoms with Crippen LogP contribution in [0.5, 0.6) is 0 Å². The molecule has 0 spiro atoms. The summed E-state index contributed by atoms with van der Waals surface area (Å²) in [4.78, 5) is 2.39. The minimum atomic E-state index is 0.711. The van der Waals surface area contributed by atoms with Crippen LogP contribution in [0.1, 0.15) is 30.9 Å². The standard InChI is InChI=1S/C15H25N5O/c1-5-19(6-2)7-8-20-11-14(9-17-20)16-10-15-12(3)18-21-13(15)4/h9,11,16H,5-8,10H2,1-4H3. The third-order valence-electron chi connectivity index (χ3n) is 3.82. The van der Waals surface area contributed by atoms with Crippen molar-refractivity contribution in [1.29, 1.82) is 0 Å². The fraction of sp³-hybridized carbons (Fsp3) is 0.600. The van der Waals surface area contributed by atoms with Crippen LogP contribution in [0.2, 0.25) is 0 Å². The van der Waals surface area contributed by atoms with Crippen molar-refractivity contribution in [3.8, 4) is 0 Å². The first kappa shape index (κ1) is 15.6. The molecular formula is C15H25N5O. The van der Waals surface area contributed by atoms with Gasteiger partial charge in [0.25, 0.3) is 0 Å². The Morgan fingerprint density at radius 1 is 1.29 bits per heavy atom. The molecule has 0 amide bonds. The number of nitrogens with one attached hydrogen (secondary N) is 1. The molecule has 6 nitrogen and oxygen atoms in total. The molecule has 0 saturated heterocycles. The van der Waals surface area contributed by atoms with Crippen molar-refractivity contribution in [3.63, 3.8) is 0 Å². The van der Waals surface area contributed by atoms with E-state index in [2.05, 4.69) is 34.3 Å². The molecule has 0 atom stereocenters. The van der Waals surface area contributed by atoms with E-state index < -0.39 is 0 Å². The van der Waals surface area contributed by atoms with E-state index in [1.165, 1.54) is 0 Å². The molecule has 2 rings (SSSR count). The summed E-state index contributed by atoms with van der Waals surface area (Å²) in [6.45, 7) is 13.1. The molecule has 116 valence electrons. The van der Waals surface area contributed by atoms with Crippen LogP contribution in [0, 0.1) is 13.8 Å². The largest absolute Gasteiger partial charge is 0.378 e. The van der Waals surface area contributed by atoms with Crippen molar-refractivity contribution in [2.24, 2.45) is 0 Å². The van der Waals surface area contributed by atoms with Crippen molar-refractivity contribution in [2.75, 3.05) is 25.0 Å². The van der Waals surface area contributed by atoms with Gasteiger partial charge < -0.3 is 14.7 Å². The maximum Gasteiger partial charge on any atom is 0.138 e. The summed E-state index contributed by atoms with van der Waals surface area (Å²) in [5.41, 5.74) is 3.08. The predicted octanol–water partition coefficient (Wildman–Crippen LogP) is 2.44. The summed E-state index contributed by atoms with van der Waals surface area (Å²) in [6, 6.07) is 0. The quantitative estimate of drug-likeness (QED) is 0.809. The van der Waals surface area contributed by atoms with E-state index in [1.807, 2.05) is 30.9 Å². The van der Waals surface area contributed by atoms with Gasteiger partial charge in [0.1, 0.15) is 5.76 Å². The Balaban J connectivity index is 1.86. The topological polar surface area (TPSA) is 59.1 Å². The second-order valence-corrected chi connectivity index (χ2v) is 5.18. The Kier molecular flexibility index (Phi) is 5.38. The molecule has 21 heavy (non-hydrogen) atoms. The van der Waals surface area contributed by atoms with Crippen molar-refractivity contribution in [3.05, 3.63) is 29.4 Å². The maximum atomic E-state index is 5.16. The fourth-order valence-electron chi connectivity index (χ4n) is 2.31. The second-order valence-electron chi connectivity index (χ2n) is 5.18. The van der Waals surface area contributed by atoms with E-state index in [4.69, 9.17) is 4.52 Å². The molecule has 0 bridgehead atoms. The predicted molar refractivity (Wildman–Crippen MR) is 83.3 cm³/mol. The zero-order valence-corrected chi connectivity index (χ0v) is 13.4. The van der Waals surface area contributed by atoms with Gasteiger partial charge in [-0.2, -0.15) is 5.10 Å². The molecule has 0 saturated carbocycles. The van der Waals surface area contributed by atoms with E-state index in [0.29, 0.717) is 6.54 Å². The van der Waals surface area contributed by atoms with Gasteiger partial charge >= 0.3 is 0 Å². The highest BCUT2D eigenvalue weighted by Crippen LogP contribution is 2.14. The van der Waals surface area contributed by atoms with Crippen LogP contribution in [0.3, 0.4) is 0 Å². The summed E-state index contributed by atoms with van der Waals surface area (Å²) >= 11 is 0. The number of anilines is 1. The van der Waals surface area contributed by atoms with Gasteiger partial charge in [0.05, 0.1) is 24.1 Å². The zero-order chi connectivity index (χ0) is 15.2. The molecule has 0 aliphatic rings. The third kappa shape index (κ3) is 4.07. The monoisotopic (exact) mass is 291 g/mol. The van der Waals surface area contributed by atoms with Gasteiger partial charge in [-0.3, -0.25) is 4.68 Å². The first-order valence-electron chi connectivity index (χ1n) is 7.54. The van der Waals surface area contributed by atoms with Gasteiger partial charge in [0.15, 0.2) is 0 Å². The molecule has 0 unspecified atom stereocenters. The van der Waals surface area contributed by atoms with Gasteiger partial charge in [-0.05, 0) is 26.9 Å². The summed E-state index contributed by atoms with van der Waals surface area (Å²) in [7, 11) is 0. The molecule has 0 aliphatic carbocycles. The van der Waals surface area contributed by atoms with E-state index in [-0.39, 0.29) is 0 Å². The first-order valence-corrected chi connectivity index (χ1v) is 7.54. The highest BCUT2D eigenvalue weighted by molar-refractivity contribution is 5.40. The van der Waals surface area contributed by atoms with E-state index >= 15 is 0 Å². The van der Waals surface area contributed by atoms with Crippen LogP contribution >= 0.6 is 0 Å². The lowest BCUT2D eigenvalue weighted by Crippen LogP contribution is -2.27. The lowest BCUT2D eigenvalue weighted by molar-refractivity contribution is 0.285. The van der Waals surface area contributed by atoms with Crippen LogP contribution in [0.25, 0.3) is 0 Å². The average Bonchev–Trinajstić information content (AvgIpc) is 3.06. The molecule has 0 fully saturated rings. The number of nitrogens with zero attached hydrogens (tertiary/aromatic N) is 4. The molecule has 2 aromatic rings. The Labute approximate surface area is 126 Å². The van der Waals surface area contributed by atoms with Crippen molar-refractivity contribution in [2.45, 2.75) is 40.8 Å². The SMILES string of the molecule is CCN(CC)CCn1cc(NCc2c(C)noc2C)cn1. The number of hydrogen-bond acceptors (Lipinski definition) is 5. The van der Waals surface area contributed by atoms with Crippen LogP contribution < -0.4 is 5.32 Å². The smallest absolute Gasteiger partial charge is 0.138 e. The van der Waals surface area contributed by atoms with Crippen LogP contribution in [0.15, 0.2) is 16.9 Å². The van der Waals surface area contributed by atoms with Gasteiger partial charge in [0.2, 0.25) is 0 Å². The van der Waals surface area contributed by atoms with Crippen LogP contribution in [-0.2, 0) is 13.1 Å². The first-order chi connectivity index (χ1) is 10.1. The van der Waals surface area contributed by atoms with Crippen molar-refractivity contribution < 1.29 is 4.52 Å². The summed E-state index contributed by atoms with van der Waals surface area (Å²) in [5.74, 6) is 0.869. The lowest BCUT2D eigenvalue weighted by atomic mass is 10.2. The van der Waals surface area contributed by atoms with Gasteiger partial charge in [-0.25, -0.2) is 0 Å². The third-order valence-corrected chi connectivity index (χ3v) is 3.82. The number of hydrogen-bond donors (Lipinski definition) is 1. The molecule has 1 N–H and O–H groups in total. The van der Waals surface area contributed by atoms with Gasteiger partial charge in [0, 0.05) is 24.8 Å². The van der Waals surface area contributed by atoms with Crippen molar-refractivity contribution in [1.82, 2.24) is 19.8 Å². The Bertz CT molecular complexity index is 537.